The molecule has 1 heterocycles. The molecule has 0 radical (unpaired) electrons. The first-order valence-corrected chi connectivity index (χ1v) is 7.72. The highest BCUT2D eigenvalue weighted by Crippen LogP contribution is 2.32. The summed E-state index contributed by atoms with van der Waals surface area (Å²) < 4.78 is 5.80. The Hall–Kier alpha value is -2.75. The van der Waals surface area contributed by atoms with Crippen molar-refractivity contribution in [3.05, 3.63) is 66.2 Å². The Labute approximate surface area is 136 Å². The summed E-state index contributed by atoms with van der Waals surface area (Å²) in [4.78, 5) is 14.1. The predicted octanol–water partition coefficient (Wildman–Crippen LogP) is 2.71. The number of nitrogens with one attached hydrogen (secondary N) is 1. The molecule has 0 spiro atoms. The van der Waals surface area contributed by atoms with Crippen LogP contribution < -0.4 is 15.0 Å². The van der Waals surface area contributed by atoms with Crippen LogP contribution in [0.15, 0.2) is 60.7 Å². The maximum Gasteiger partial charge on any atom is 0.262 e. The third kappa shape index (κ3) is 3.54. The summed E-state index contributed by atoms with van der Waals surface area (Å²) in [6, 6.07) is 18.0. The van der Waals surface area contributed by atoms with E-state index in [1.165, 1.54) is 0 Å². The van der Waals surface area contributed by atoms with Gasteiger partial charge in [0.15, 0.2) is 6.10 Å². The number of likely N-dealkylation sites (N-methyl/N-ethyl adjacent to an activating group) is 1. The van der Waals surface area contributed by atoms with Crippen LogP contribution in [0.5, 0.6) is 5.75 Å². The van der Waals surface area contributed by atoms with Crippen LogP contribution in [0.2, 0.25) is 0 Å². The number of amides is 1. The number of anilines is 1. The molecule has 2 aromatic carbocycles. The molecular weight excluding hydrogens is 288 g/mol. The van der Waals surface area contributed by atoms with E-state index in [1.54, 1.807) is 7.05 Å². The van der Waals surface area contributed by atoms with E-state index in [9.17, 15) is 4.79 Å². The van der Waals surface area contributed by atoms with Crippen molar-refractivity contribution >= 4 is 17.7 Å². The summed E-state index contributed by atoms with van der Waals surface area (Å²) in [7, 11) is 1.63. The van der Waals surface area contributed by atoms with Gasteiger partial charge in [-0.15, -0.1) is 0 Å². The van der Waals surface area contributed by atoms with Gasteiger partial charge < -0.3 is 15.0 Å². The highest BCUT2D eigenvalue weighted by atomic mass is 16.5. The average molecular weight is 308 g/mol. The highest BCUT2D eigenvalue weighted by molar-refractivity contribution is 5.83. The SMILES string of the molecule is CNC(=O)[C@H]1CN(C/C=C/c2ccccc2)c2ccccc2O1. The fourth-order valence-electron chi connectivity index (χ4n) is 2.66. The summed E-state index contributed by atoms with van der Waals surface area (Å²) in [6.45, 7) is 1.26. The second kappa shape index (κ2) is 7.01. The van der Waals surface area contributed by atoms with Gasteiger partial charge in [-0.25, -0.2) is 0 Å². The third-order valence-electron chi connectivity index (χ3n) is 3.84. The molecule has 4 heteroatoms. The number of hydrogen-bond acceptors (Lipinski definition) is 3. The van der Waals surface area contributed by atoms with Gasteiger partial charge in [0.1, 0.15) is 5.75 Å². The highest BCUT2D eigenvalue weighted by Gasteiger charge is 2.29. The lowest BCUT2D eigenvalue weighted by atomic mass is 10.1. The van der Waals surface area contributed by atoms with Crippen LogP contribution in [0.4, 0.5) is 5.69 Å². The molecule has 2 aromatic rings. The fourth-order valence-corrected chi connectivity index (χ4v) is 2.66. The van der Waals surface area contributed by atoms with E-state index in [4.69, 9.17) is 4.74 Å². The van der Waals surface area contributed by atoms with E-state index < -0.39 is 6.10 Å². The standard InChI is InChI=1S/C19H20N2O2/c1-20-19(22)18-14-21(16-11-5-6-12-17(16)23-18)13-7-10-15-8-3-2-4-9-15/h2-12,18H,13-14H2,1H3,(H,20,22)/b10-7+/t18-/m1/s1. The first kappa shape index (κ1) is 15.2. The molecule has 0 fully saturated rings. The molecule has 0 saturated heterocycles. The minimum Gasteiger partial charge on any atom is -0.477 e. The van der Waals surface area contributed by atoms with Gasteiger partial charge in [0.05, 0.1) is 12.2 Å². The lowest BCUT2D eigenvalue weighted by Gasteiger charge is -2.34. The molecule has 1 atom stereocenters. The maximum absolute atomic E-state index is 11.9. The Kier molecular flexibility index (Phi) is 4.62. The Morgan fingerprint density at radius 2 is 1.96 bits per heavy atom. The summed E-state index contributed by atoms with van der Waals surface area (Å²) in [5.74, 6) is 0.650. The largest absolute Gasteiger partial charge is 0.477 e. The number of para-hydroxylation sites is 2. The Balaban J connectivity index is 1.77. The van der Waals surface area contributed by atoms with Gasteiger partial charge >= 0.3 is 0 Å². The van der Waals surface area contributed by atoms with Crippen LogP contribution in [0.3, 0.4) is 0 Å². The molecule has 0 aromatic heterocycles. The molecule has 0 bridgehead atoms. The monoisotopic (exact) mass is 308 g/mol. The van der Waals surface area contributed by atoms with E-state index in [0.29, 0.717) is 6.54 Å². The van der Waals surface area contributed by atoms with Crippen LogP contribution >= 0.6 is 0 Å². The molecule has 1 amide bonds. The smallest absolute Gasteiger partial charge is 0.262 e. The number of fused-ring (bicyclic) bond motifs is 1. The number of benzene rings is 2. The summed E-state index contributed by atoms with van der Waals surface area (Å²) in [6.07, 6.45) is 3.71. The Morgan fingerprint density at radius 1 is 1.22 bits per heavy atom. The van der Waals surface area contributed by atoms with Crippen LogP contribution in [0.1, 0.15) is 5.56 Å². The van der Waals surface area contributed by atoms with E-state index >= 15 is 0 Å². The van der Waals surface area contributed by atoms with Crippen LogP contribution in [-0.4, -0.2) is 32.1 Å². The summed E-state index contributed by atoms with van der Waals surface area (Å²) >= 11 is 0. The number of ether oxygens (including phenoxy) is 1. The summed E-state index contributed by atoms with van der Waals surface area (Å²) in [5.41, 5.74) is 2.18. The van der Waals surface area contributed by atoms with Crippen LogP contribution in [0.25, 0.3) is 6.08 Å². The molecule has 1 N–H and O–H groups in total. The van der Waals surface area contributed by atoms with Crippen molar-refractivity contribution in [1.29, 1.82) is 0 Å². The molecule has 0 unspecified atom stereocenters. The number of nitrogens with zero attached hydrogens (tertiary/aromatic N) is 1. The van der Waals surface area contributed by atoms with Crippen molar-refractivity contribution in [3.63, 3.8) is 0 Å². The Morgan fingerprint density at radius 3 is 2.74 bits per heavy atom. The van der Waals surface area contributed by atoms with Crippen LogP contribution in [-0.2, 0) is 4.79 Å². The molecule has 23 heavy (non-hydrogen) atoms. The molecular formula is C19H20N2O2. The molecule has 0 aliphatic carbocycles. The van der Waals surface area contributed by atoms with Crippen molar-refractivity contribution in [3.8, 4) is 5.75 Å². The van der Waals surface area contributed by atoms with Crippen molar-refractivity contribution in [2.45, 2.75) is 6.10 Å². The van der Waals surface area contributed by atoms with Gasteiger partial charge in [0.2, 0.25) is 0 Å². The molecule has 3 rings (SSSR count). The Bertz CT molecular complexity index is 698. The van der Waals surface area contributed by atoms with E-state index in [0.717, 1.165) is 23.5 Å². The average Bonchev–Trinajstić information content (AvgIpc) is 2.61. The second-order valence-electron chi connectivity index (χ2n) is 5.41. The lowest BCUT2D eigenvalue weighted by Crippen LogP contribution is -2.48. The van der Waals surface area contributed by atoms with Gasteiger partial charge in [0, 0.05) is 13.6 Å². The summed E-state index contributed by atoms with van der Waals surface area (Å²) in [5, 5.41) is 2.66. The first-order chi connectivity index (χ1) is 11.3. The van der Waals surface area contributed by atoms with Crippen LogP contribution in [0, 0.1) is 0 Å². The predicted molar refractivity (Wildman–Crippen MR) is 92.6 cm³/mol. The normalized spacial score (nSPS) is 16.7. The lowest BCUT2D eigenvalue weighted by molar-refractivity contribution is -0.127. The minimum atomic E-state index is -0.486. The molecule has 0 saturated carbocycles. The molecule has 1 aliphatic heterocycles. The van der Waals surface area contributed by atoms with Crippen molar-refractivity contribution in [2.75, 3.05) is 25.0 Å². The number of rotatable bonds is 4. The number of hydrogen-bond donors (Lipinski definition) is 1. The molecule has 4 nitrogen and oxygen atoms in total. The zero-order valence-corrected chi connectivity index (χ0v) is 13.1. The minimum absolute atomic E-state index is 0.100. The quantitative estimate of drug-likeness (QED) is 0.944. The van der Waals surface area contributed by atoms with Gasteiger partial charge in [-0.2, -0.15) is 0 Å². The molecule has 118 valence electrons. The van der Waals surface area contributed by atoms with Gasteiger partial charge in [-0.3, -0.25) is 4.79 Å². The van der Waals surface area contributed by atoms with E-state index in [1.807, 2.05) is 42.5 Å². The van der Waals surface area contributed by atoms with Gasteiger partial charge in [0.25, 0.3) is 5.91 Å². The number of carbonyl (C=O) groups excluding carboxylic acids is 1. The number of carbonyl (C=O) groups is 1. The second-order valence-corrected chi connectivity index (χ2v) is 5.41. The maximum atomic E-state index is 11.9. The zero-order valence-electron chi connectivity index (χ0n) is 13.1. The van der Waals surface area contributed by atoms with Crippen molar-refractivity contribution < 1.29 is 9.53 Å². The molecule has 1 aliphatic rings. The topological polar surface area (TPSA) is 41.6 Å². The van der Waals surface area contributed by atoms with Crippen molar-refractivity contribution in [2.24, 2.45) is 0 Å². The van der Waals surface area contributed by atoms with Crippen molar-refractivity contribution in [1.82, 2.24) is 5.32 Å². The van der Waals surface area contributed by atoms with Gasteiger partial charge in [-0.05, 0) is 17.7 Å². The fraction of sp³-hybridized carbons (Fsp3) is 0.211. The van der Waals surface area contributed by atoms with Gasteiger partial charge in [-0.1, -0.05) is 54.6 Å². The zero-order chi connectivity index (χ0) is 16.1. The first-order valence-electron chi connectivity index (χ1n) is 7.72. The van der Waals surface area contributed by atoms with E-state index in [2.05, 4.69) is 34.5 Å². The van der Waals surface area contributed by atoms with E-state index in [-0.39, 0.29) is 5.91 Å². The third-order valence-corrected chi connectivity index (χ3v) is 3.84.